The number of aromatic nitrogens is 2. The molecule has 28 heavy (non-hydrogen) atoms. The van der Waals surface area contributed by atoms with Gasteiger partial charge < -0.3 is 9.47 Å². The van der Waals surface area contributed by atoms with Crippen LogP contribution in [0.1, 0.15) is 10.9 Å². The highest BCUT2D eigenvalue weighted by molar-refractivity contribution is 8.00. The summed E-state index contributed by atoms with van der Waals surface area (Å²) in [6, 6.07) is 16.7. The van der Waals surface area contributed by atoms with Crippen LogP contribution >= 0.6 is 23.5 Å². The van der Waals surface area contributed by atoms with Gasteiger partial charge in [-0.1, -0.05) is 60.3 Å². The molecule has 1 aromatic heterocycles. The van der Waals surface area contributed by atoms with E-state index in [2.05, 4.69) is 4.98 Å². The van der Waals surface area contributed by atoms with E-state index in [9.17, 15) is 9.18 Å². The normalized spacial score (nSPS) is 16.5. The van der Waals surface area contributed by atoms with Crippen LogP contribution in [0.4, 0.5) is 4.39 Å². The maximum atomic E-state index is 14.2. The Kier molecular flexibility index (Phi) is 5.73. The Morgan fingerprint density at radius 2 is 1.96 bits per heavy atom. The van der Waals surface area contributed by atoms with Gasteiger partial charge in [0.15, 0.2) is 5.16 Å². The third-order valence-corrected chi connectivity index (χ3v) is 6.99. The fourth-order valence-corrected chi connectivity index (χ4v) is 5.41. The average molecular weight is 414 g/mol. The molecule has 1 saturated heterocycles. The van der Waals surface area contributed by atoms with E-state index in [0.717, 1.165) is 22.2 Å². The second-order valence-electron chi connectivity index (χ2n) is 6.47. The van der Waals surface area contributed by atoms with Crippen molar-refractivity contribution in [1.29, 1.82) is 0 Å². The average Bonchev–Trinajstić information content (AvgIpc) is 3.34. The maximum Gasteiger partial charge on any atom is 0.234 e. The number of carbonyl (C=O) groups is 1. The van der Waals surface area contributed by atoms with Crippen LogP contribution in [0.5, 0.6) is 0 Å². The molecule has 0 N–H and O–H groups in total. The highest BCUT2D eigenvalue weighted by Crippen LogP contribution is 2.39. The molecule has 0 spiro atoms. The first-order chi connectivity index (χ1) is 13.6. The lowest BCUT2D eigenvalue weighted by Gasteiger charge is -2.24. The summed E-state index contributed by atoms with van der Waals surface area (Å²) in [5.41, 5.74) is 2.68. The number of rotatable bonds is 5. The molecule has 0 saturated carbocycles. The summed E-state index contributed by atoms with van der Waals surface area (Å²) in [5, 5.41) is 0.539. The maximum absolute atomic E-state index is 14.2. The van der Waals surface area contributed by atoms with Gasteiger partial charge in [0.05, 0.1) is 17.6 Å². The number of thioether (sulfide) groups is 2. The highest BCUT2D eigenvalue weighted by atomic mass is 32.2. The van der Waals surface area contributed by atoms with E-state index in [0.29, 0.717) is 12.1 Å². The Morgan fingerprint density at radius 1 is 1.21 bits per heavy atom. The molecule has 0 radical (unpaired) electrons. The molecule has 3 aromatic rings. The Bertz CT molecular complexity index is 977. The van der Waals surface area contributed by atoms with Crippen molar-refractivity contribution in [2.24, 2.45) is 7.05 Å². The molecule has 144 valence electrons. The van der Waals surface area contributed by atoms with Crippen LogP contribution in [0.2, 0.25) is 0 Å². The number of nitrogens with zero attached hydrogens (tertiary/aromatic N) is 3. The zero-order valence-electron chi connectivity index (χ0n) is 15.4. The summed E-state index contributed by atoms with van der Waals surface area (Å²) in [4.78, 5) is 19.1. The largest absolute Gasteiger partial charge is 0.325 e. The van der Waals surface area contributed by atoms with Crippen molar-refractivity contribution in [3.63, 3.8) is 0 Å². The van der Waals surface area contributed by atoms with E-state index in [1.807, 2.05) is 54.2 Å². The van der Waals surface area contributed by atoms with Crippen LogP contribution < -0.4 is 0 Å². The van der Waals surface area contributed by atoms with Gasteiger partial charge in [0, 0.05) is 24.9 Å². The van der Waals surface area contributed by atoms with Gasteiger partial charge in [-0.25, -0.2) is 9.37 Å². The van der Waals surface area contributed by atoms with Gasteiger partial charge in [0.25, 0.3) is 0 Å². The zero-order chi connectivity index (χ0) is 19.5. The third-order valence-electron chi connectivity index (χ3n) is 4.72. The fraction of sp³-hybridized carbons (Fsp3) is 0.238. The Hall–Kier alpha value is -2.25. The molecule has 4 nitrogen and oxygen atoms in total. The number of hydrogen-bond donors (Lipinski definition) is 0. The van der Waals surface area contributed by atoms with Gasteiger partial charge in [-0.3, -0.25) is 4.79 Å². The van der Waals surface area contributed by atoms with Crippen molar-refractivity contribution in [2.75, 3.05) is 18.1 Å². The smallest absolute Gasteiger partial charge is 0.234 e. The van der Waals surface area contributed by atoms with Crippen molar-refractivity contribution >= 4 is 29.4 Å². The Morgan fingerprint density at radius 3 is 2.75 bits per heavy atom. The zero-order valence-corrected chi connectivity index (χ0v) is 17.0. The number of halogens is 1. The van der Waals surface area contributed by atoms with E-state index >= 15 is 0 Å². The number of hydrogen-bond acceptors (Lipinski definition) is 4. The van der Waals surface area contributed by atoms with Gasteiger partial charge in [-0.05, 0) is 11.6 Å². The summed E-state index contributed by atoms with van der Waals surface area (Å²) in [6.45, 7) is 0.638. The fourth-order valence-electron chi connectivity index (χ4n) is 3.27. The molecule has 1 atom stereocenters. The van der Waals surface area contributed by atoms with Gasteiger partial charge in [-0.15, -0.1) is 11.8 Å². The van der Waals surface area contributed by atoms with E-state index in [1.165, 1.54) is 17.8 Å². The summed E-state index contributed by atoms with van der Waals surface area (Å²) in [7, 11) is 1.95. The lowest BCUT2D eigenvalue weighted by molar-refractivity contribution is -0.128. The molecular weight excluding hydrogens is 393 g/mol. The van der Waals surface area contributed by atoms with Crippen molar-refractivity contribution in [1.82, 2.24) is 14.5 Å². The molecule has 2 aromatic carbocycles. The van der Waals surface area contributed by atoms with Crippen molar-refractivity contribution < 1.29 is 9.18 Å². The minimum atomic E-state index is -0.260. The second kappa shape index (κ2) is 8.41. The lowest BCUT2D eigenvalue weighted by Crippen LogP contribution is -2.32. The number of amides is 1. The Labute approximate surface area is 172 Å². The van der Waals surface area contributed by atoms with Crippen LogP contribution in [-0.2, 0) is 11.8 Å². The first-order valence-corrected chi connectivity index (χ1v) is 11.0. The van der Waals surface area contributed by atoms with Crippen LogP contribution in [0.15, 0.2) is 66.0 Å². The van der Waals surface area contributed by atoms with Crippen molar-refractivity contribution in [3.05, 3.63) is 72.2 Å². The first-order valence-electron chi connectivity index (χ1n) is 9.00. The number of benzene rings is 2. The van der Waals surface area contributed by atoms with E-state index < -0.39 is 0 Å². The standard InChI is InChI=1S/C21H20FN3OS2/c1-24-18(15-7-3-2-4-8-15)13-23-21(24)28-14-19(26)25-11-12-27-20(25)16-9-5-6-10-17(16)22/h2-10,13,20H,11-12,14H2,1H3/t20-/m0/s1. The minimum absolute atomic E-state index is 0.00696. The van der Waals surface area contributed by atoms with Gasteiger partial charge in [0.2, 0.25) is 5.91 Å². The molecule has 0 aliphatic carbocycles. The minimum Gasteiger partial charge on any atom is -0.325 e. The molecular formula is C21H20FN3OS2. The number of carbonyl (C=O) groups excluding carboxylic acids is 1. The molecule has 0 unspecified atom stereocenters. The predicted octanol–water partition coefficient (Wildman–Crippen LogP) is 4.59. The van der Waals surface area contributed by atoms with Gasteiger partial charge in [-0.2, -0.15) is 0 Å². The van der Waals surface area contributed by atoms with E-state index in [-0.39, 0.29) is 22.9 Å². The van der Waals surface area contributed by atoms with Crippen molar-refractivity contribution in [2.45, 2.75) is 10.5 Å². The van der Waals surface area contributed by atoms with Crippen LogP contribution in [-0.4, -0.2) is 38.4 Å². The molecule has 1 fully saturated rings. The summed E-state index contributed by atoms with van der Waals surface area (Å²) < 4.78 is 16.2. The summed E-state index contributed by atoms with van der Waals surface area (Å²) in [6.07, 6.45) is 1.83. The molecule has 1 aliphatic rings. The van der Waals surface area contributed by atoms with Crippen LogP contribution in [0.25, 0.3) is 11.3 Å². The SMILES string of the molecule is Cn1c(-c2ccccc2)cnc1SCC(=O)N1CCS[C@H]1c1ccccc1F. The molecule has 1 aliphatic heterocycles. The molecule has 0 bridgehead atoms. The molecule has 4 rings (SSSR count). The van der Waals surface area contributed by atoms with E-state index in [1.54, 1.807) is 28.8 Å². The first kappa shape index (κ1) is 19.1. The monoisotopic (exact) mass is 413 g/mol. The topological polar surface area (TPSA) is 38.1 Å². The highest BCUT2D eigenvalue weighted by Gasteiger charge is 2.32. The second-order valence-corrected chi connectivity index (χ2v) is 8.60. The molecule has 7 heteroatoms. The quantitative estimate of drug-likeness (QED) is 0.574. The Balaban J connectivity index is 1.45. The molecule has 1 amide bonds. The van der Waals surface area contributed by atoms with E-state index in [4.69, 9.17) is 0 Å². The number of imidazole rings is 1. The lowest BCUT2D eigenvalue weighted by atomic mass is 10.2. The van der Waals surface area contributed by atoms with Gasteiger partial charge >= 0.3 is 0 Å². The van der Waals surface area contributed by atoms with Crippen LogP contribution in [0, 0.1) is 5.82 Å². The summed E-state index contributed by atoms with van der Waals surface area (Å²) in [5.74, 6) is 0.845. The van der Waals surface area contributed by atoms with Crippen molar-refractivity contribution in [3.8, 4) is 11.3 Å². The summed E-state index contributed by atoms with van der Waals surface area (Å²) >= 11 is 3.02. The predicted molar refractivity (Wildman–Crippen MR) is 113 cm³/mol. The van der Waals surface area contributed by atoms with Crippen LogP contribution in [0.3, 0.4) is 0 Å². The third kappa shape index (κ3) is 3.82. The molecule has 2 heterocycles. The van der Waals surface area contributed by atoms with Gasteiger partial charge in [0.1, 0.15) is 11.2 Å².